The molecule has 25 heavy (non-hydrogen) atoms. The fourth-order valence-electron chi connectivity index (χ4n) is 3.21. The summed E-state index contributed by atoms with van der Waals surface area (Å²) in [5.41, 5.74) is 0.750. The topological polar surface area (TPSA) is 64.6 Å². The number of urea groups is 1. The maximum absolute atomic E-state index is 12.2. The summed E-state index contributed by atoms with van der Waals surface area (Å²) in [4.78, 5) is 14.7. The van der Waals surface area contributed by atoms with Gasteiger partial charge >= 0.3 is 6.03 Å². The van der Waals surface area contributed by atoms with Crippen molar-refractivity contribution in [2.24, 2.45) is 11.8 Å². The first-order valence-corrected chi connectivity index (χ1v) is 9.36. The van der Waals surface area contributed by atoms with Crippen LogP contribution in [0.5, 0.6) is 0 Å². The molecular weight excluding hydrogens is 314 g/mol. The molecule has 2 rings (SSSR count). The van der Waals surface area contributed by atoms with Crippen molar-refractivity contribution in [3.05, 3.63) is 35.9 Å². The highest BCUT2D eigenvalue weighted by Gasteiger charge is 2.29. The first-order chi connectivity index (χ1) is 11.9. The normalized spacial score (nSPS) is 20.9. The van der Waals surface area contributed by atoms with Crippen LogP contribution in [0, 0.1) is 11.8 Å². The zero-order valence-corrected chi connectivity index (χ0v) is 15.8. The molecular formula is C20H33N3O2. The highest BCUT2D eigenvalue weighted by Crippen LogP contribution is 2.18. The van der Waals surface area contributed by atoms with Crippen molar-refractivity contribution in [3.8, 4) is 0 Å². The average Bonchev–Trinajstić information content (AvgIpc) is 2.61. The van der Waals surface area contributed by atoms with E-state index in [-0.39, 0.29) is 18.6 Å². The summed E-state index contributed by atoms with van der Waals surface area (Å²) < 4.78 is 0. The van der Waals surface area contributed by atoms with Gasteiger partial charge in [0, 0.05) is 19.6 Å². The fraction of sp³-hybridized carbons (Fsp3) is 0.650. The largest absolute Gasteiger partial charge is 0.394 e. The molecule has 0 aliphatic carbocycles. The number of aliphatic hydroxyl groups is 1. The lowest BCUT2D eigenvalue weighted by Gasteiger charge is -2.34. The number of benzene rings is 1. The van der Waals surface area contributed by atoms with Crippen molar-refractivity contribution in [1.29, 1.82) is 0 Å². The third-order valence-corrected chi connectivity index (χ3v) is 5.41. The van der Waals surface area contributed by atoms with E-state index in [1.807, 2.05) is 26.8 Å². The van der Waals surface area contributed by atoms with E-state index in [1.54, 1.807) is 0 Å². The maximum atomic E-state index is 12.2. The second-order valence-corrected chi connectivity index (χ2v) is 7.79. The van der Waals surface area contributed by atoms with E-state index in [0.717, 1.165) is 26.1 Å². The van der Waals surface area contributed by atoms with Gasteiger partial charge in [-0.05, 0) is 43.7 Å². The molecule has 0 bridgehead atoms. The Morgan fingerprint density at radius 3 is 2.72 bits per heavy atom. The van der Waals surface area contributed by atoms with Gasteiger partial charge in [-0.2, -0.15) is 0 Å². The number of nitrogens with zero attached hydrogens (tertiary/aromatic N) is 1. The molecule has 0 saturated carbocycles. The van der Waals surface area contributed by atoms with Crippen molar-refractivity contribution in [1.82, 2.24) is 15.5 Å². The van der Waals surface area contributed by atoms with Gasteiger partial charge in [0.05, 0.1) is 12.1 Å². The van der Waals surface area contributed by atoms with Crippen molar-refractivity contribution in [2.45, 2.75) is 45.7 Å². The third-order valence-electron chi connectivity index (χ3n) is 5.41. The van der Waals surface area contributed by atoms with Gasteiger partial charge in [0.1, 0.15) is 0 Å². The monoisotopic (exact) mass is 347 g/mol. The molecule has 1 aromatic rings. The van der Waals surface area contributed by atoms with Gasteiger partial charge in [0.2, 0.25) is 0 Å². The summed E-state index contributed by atoms with van der Waals surface area (Å²) in [6.07, 6.45) is 2.31. The summed E-state index contributed by atoms with van der Waals surface area (Å²) in [7, 11) is 0. The molecule has 0 radical (unpaired) electrons. The van der Waals surface area contributed by atoms with Crippen LogP contribution in [0.4, 0.5) is 4.79 Å². The molecule has 1 heterocycles. The predicted molar refractivity (Wildman–Crippen MR) is 101 cm³/mol. The van der Waals surface area contributed by atoms with Crippen molar-refractivity contribution >= 4 is 6.03 Å². The van der Waals surface area contributed by atoms with E-state index in [1.165, 1.54) is 12.0 Å². The second kappa shape index (κ2) is 9.20. The van der Waals surface area contributed by atoms with Crippen LogP contribution < -0.4 is 10.6 Å². The Hall–Kier alpha value is -1.59. The van der Waals surface area contributed by atoms with Gasteiger partial charge in [0.15, 0.2) is 0 Å². The molecule has 3 N–H and O–H groups in total. The SMILES string of the molecule is CC(C)C(C)(CO)NC(=O)NCC1CCCN(Cc2ccccc2)C1. The molecule has 1 aliphatic rings. The lowest BCUT2D eigenvalue weighted by Crippen LogP contribution is -2.56. The highest BCUT2D eigenvalue weighted by molar-refractivity contribution is 5.74. The maximum Gasteiger partial charge on any atom is 0.315 e. The number of amides is 2. The first-order valence-electron chi connectivity index (χ1n) is 9.36. The number of carbonyl (C=O) groups excluding carboxylic acids is 1. The smallest absolute Gasteiger partial charge is 0.315 e. The van der Waals surface area contributed by atoms with Gasteiger partial charge in [0.25, 0.3) is 0 Å². The van der Waals surface area contributed by atoms with E-state index in [0.29, 0.717) is 12.5 Å². The van der Waals surface area contributed by atoms with Crippen LogP contribution in [-0.2, 0) is 6.54 Å². The summed E-state index contributed by atoms with van der Waals surface area (Å²) in [6, 6.07) is 10.3. The number of carbonyl (C=O) groups is 1. The number of nitrogens with one attached hydrogen (secondary N) is 2. The molecule has 140 valence electrons. The Labute approximate surface area is 151 Å². The highest BCUT2D eigenvalue weighted by atomic mass is 16.3. The second-order valence-electron chi connectivity index (χ2n) is 7.79. The molecule has 0 aromatic heterocycles. The molecule has 5 nitrogen and oxygen atoms in total. The Morgan fingerprint density at radius 1 is 1.36 bits per heavy atom. The minimum absolute atomic E-state index is 0.0631. The van der Waals surface area contributed by atoms with Crippen LogP contribution in [0.2, 0.25) is 0 Å². The van der Waals surface area contributed by atoms with Crippen molar-refractivity contribution < 1.29 is 9.90 Å². The summed E-state index contributed by atoms with van der Waals surface area (Å²) >= 11 is 0. The Bertz CT molecular complexity index is 535. The molecule has 1 aromatic carbocycles. The van der Waals surface area contributed by atoms with Gasteiger partial charge in [-0.3, -0.25) is 4.90 Å². The van der Waals surface area contributed by atoms with E-state index < -0.39 is 5.54 Å². The van der Waals surface area contributed by atoms with Crippen LogP contribution >= 0.6 is 0 Å². The van der Waals surface area contributed by atoms with Crippen LogP contribution in [0.25, 0.3) is 0 Å². The minimum atomic E-state index is -0.587. The molecule has 2 unspecified atom stereocenters. The fourth-order valence-corrected chi connectivity index (χ4v) is 3.21. The van der Waals surface area contributed by atoms with Gasteiger partial charge in [-0.25, -0.2) is 4.79 Å². The third kappa shape index (κ3) is 6.01. The zero-order valence-electron chi connectivity index (χ0n) is 15.8. The average molecular weight is 348 g/mol. The number of aliphatic hydroxyl groups excluding tert-OH is 1. The van der Waals surface area contributed by atoms with Gasteiger partial charge in [-0.15, -0.1) is 0 Å². The van der Waals surface area contributed by atoms with E-state index in [4.69, 9.17) is 0 Å². The number of hydrogen-bond donors (Lipinski definition) is 3. The zero-order chi connectivity index (χ0) is 18.3. The molecule has 2 amide bonds. The Morgan fingerprint density at radius 2 is 2.08 bits per heavy atom. The molecule has 0 spiro atoms. The van der Waals surface area contributed by atoms with Crippen molar-refractivity contribution in [2.75, 3.05) is 26.2 Å². The standard InChI is InChI=1S/C20H33N3O2/c1-16(2)20(3,15-24)22-19(25)21-12-18-10-7-11-23(14-18)13-17-8-5-4-6-9-17/h4-6,8-9,16,18,24H,7,10-15H2,1-3H3,(H2,21,22,25). The van der Waals surface area contributed by atoms with Gasteiger partial charge < -0.3 is 15.7 Å². The number of piperidine rings is 1. The van der Waals surface area contributed by atoms with Gasteiger partial charge in [-0.1, -0.05) is 44.2 Å². The molecule has 1 saturated heterocycles. The summed E-state index contributed by atoms with van der Waals surface area (Å²) in [5.74, 6) is 0.641. The van der Waals surface area contributed by atoms with E-state index in [2.05, 4.69) is 39.8 Å². The van der Waals surface area contributed by atoms with E-state index in [9.17, 15) is 9.90 Å². The first kappa shape index (κ1) is 19.7. The van der Waals surface area contributed by atoms with E-state index >= 15 is 0 Å². The van der Waals surface area contributed by atoms with Crippen LogP contribution in [0.15, 0.2) is 30.3 Å². The molecule has 5 heteroatoms. The summed E-state index contributed by atoms with van der Waals surface area (Å²) in [6.45, 7) is 9.59. The Kier molecular flexibility index (Phi) is 7.26. The summed E-state index contributed by atoms with van der Waals surface area (Å²) in [5, 5.41) is 15.5. The van der Waals surface area contributed by atoms with Crippen LogP contribution in [-0.4, -0.2) is 47.8 Å². The molecule has 1 fully saturated rings. The molecule has 2 atom stereocenters. The Balaban J connectivity index is 1.77. The lowest BCUT2D eigenvalue weighted by molar-refractivity contribution is 0.133. The number of hydrogen-bond acceptors (Lipinski definition) is 3. The lowest BCUT2D eigenvalue weighted by atomic mass is 9.89. The van der Waals surface area contributed by atoms with Crippen molar-refractivity contribution in [3.63, 3.8) is 0 Å². The number of rotatable bonds is 7. The quantitative estimate of drug-likeness (QED) is 0.710. The molecule has 1 aliphatic heterocycles. The number of likely N-dealkylation sites (tertiary alicyclic amines) is 1. The van der Waals surface area contributed by atoms with Crippen LogP contribution in [0.1, 0.15) is 39.2 Å². The minimum Gasteiger partial charge on any atom is -0.394 e. The van der Waals surface area contributed by atoms with Crippen LogP contribution in [0.3, 0.4) is 0 Å². The predicted octanol–water partition coefficient (Wildman–Crippen LogP) is 2.60.